The number of nitrogens with zero attached hydrogens (tertiary/aromatic N) is 2. The maximum Gasteiger partial charge on any atom is 0.514 e. The molecule has 0 spiro atoms. The maximum absolute atomic E-state index is 12.6. The first-order chi connectivity index (χ1) is 10.6. The molecule has 0 fully saturated rings. The summed E-state index contributed by atoms with van der Waals surface area (Å²) in [7, 11) is 0. The number of ether oxygens (including phenoxy) is 2. The Morgan fingerprint density at radius 3 is 2.04 bits per heavy atom. The molecule has 23 heavy (non-hydrogen) atoms. The molecule has 1 aromatic rings. The lowest BCUT2D eigenvalue weighted by molar-refractivity contribution is -0.395. The third-order valence-corrected chi connectivity index (χ3v) is 2.25. The average molecular weight is 342 g/mol. The van der Waals surface area contributed by atoms with Crippen LogP contribution in [0.5, 0.6) is 5.75 Å². The van der Waals surface area contributed by atoms with Crippen molar-refractivity contribution in [3.8, 4) is 5.75 Å². The lowest BCUT2D eigenvalue weighted by atomic mass is 10.2. The highest BCUT2D eigenvalue weighted by Crippen LogP contribution is 2.36. The molecule has 1 aromatic carbocycles. The van der Waals surface area contributed by atoms with Crippen molar-refractivity contribution >= 4 is 17.5 Å². The molecule has 0 aliphatic heterocycles. The summed E-state index contributed by atoms with van der Waals surface area (Å²) in [6, 6.07) is 2.39. The summed E-state index contributed by atoms with van der Waals surface area (Å²) in [6.07, 6.45) is -6.17. The zero-order valence-electron chi connectivity index (χ0n) is 10.8. The van der Waals surface area contributed by atoms with Crippen LogP contribution in [-0.2, 0) is 4.74 Å². The Morgan fingerprint density at radius 1 is 1.17 bits per heavy atom. The van der Waals surface area contributed by atoms with Crippen molar-refractivity contribution in [1.82, 2.24) is 0 Å². The quantitative estimate of drug-likeness (QED) is 0.256. The van der Waals surface area contributed by atoms with Gasteiger partial charge in [-0.05, 0) is 6.07 Å². The van der Waals surface area contributed by atoms with Crippen molar-refractivity contribution in [2.45, 2.75) is 12.3 Å². The molecule has 0 atom stereocenters. The minimum Gasteiger partial charge on any atom is -0.427 e. The van der Waals surface area contributed by atoms with Gasteiger partial charge in [0.2, 0.25) is 0 Å². The Kier molecular flexibility index (Phi) is 5.38. The van der Waals surface area contributed by atoms with Gasteiger partial charge < -0.3 is 9.47 Å². The molecule has 0 saturated carbocycles. The van der Waals surface area contributed by atoms with Crippen LogP contribution in [0.4, 0.5) is 33.7 Å². The van der Waals surface area contributed by atoms with E-state index in [1.165, 1.54) is 0 Å². The van der Waals surface area contributed by atoms with Crippen molar-refractivity contribution in [1.29, 1.82) is 0 Å². The Labute approximate surface area is 123 Å². The highest BCUT2D eigenvalue weighted by Gasteiger charge is 2.42. The van der Waals surface area contributed by atoms with Gasteiger partial charge in [-0.25, -0.2) is 13.6 Å². The van der Waals surface area contributed by atoms with Crippen LogP contribution in [0.15, 0.2) is 18.2 Å². The molecule has 1 rings (SSSR count). The SMILES string of the molecule is O=C(OCC(F)(F)C(F)F)Oc1c([N+](=O)[O-])cccc1[N+](=O)[O-]. The molecule has 0 aliphatic rings. The van der Waals surface area contributed by atoms with Gasteiger partial charge in [-0.3, -0.25) is 20.2 Å². The minimum atomic E-state index is -4.67. The third-order valence-electron chi connectivity index (χ3n) is 2.25. The molecular formula is C10H6F4N2O7. The smallest absolute Gasteiger partial charge is 0.427 e. The molecule has 0 unspecified atom stereocenters. The van der Waals surface area contributed by atoms with Gasteiger partial charge in [-0.1, -0.05) is 0 Å². The number of carbonyl (C=O) groups is 1. The van der Waals surface area contributed by atoms with Gasteiger partial charge in [-0.15, -0.1) is 0 Å². The molecule has 9 nitrogen and oxygen atoms in total. The summed E-state index contributed by atoms with van der Waals surface area (Å²) in [5, 5.41) is 21.4. The number of para-hydroxylation sites is 1. The van der Waals surface area contributed by atoms with Crippen LogP contribution in [0.25, 0.3) is 0 Å². The molecule has 0 heterocycles. The number of carbonyl (C=O) groups excluding carboxylic acids is 1. The van der Waals surface area contributed by atoms with E-state index in [0.717, 1.165) is 18.2 Å². The minimum absolute atomic E-state index is 0.739. The first kappa shape index (κ1) is 18.1. The Balaban J connectivity index is 2.97. The maximum atomic E-state index is 12.6. The van der Waals surface area contributed by atoms with Crippen LogP contribution in [0.2, 0.25) is 0 Å². The van der Waals surface area contributed by atoms with Gasteiger partial charge in [-0.2, -0.15) is 8.78 Å². The first-order valence-corrected chi connectivity index (χ1v) is 5.48. The second-order valence-electron chi connectivity index (χ2n) is 3.84. The van der Waals surface area contributed by atoms with Gasteiger partial charge in [0.1, 0.15) is 0 Å². The second-order valence-corrected chi connectivity index (χ2v) is 3.84. The number of hydrogen-bond donors (Lipinski definition) is 0. The predicted molar refractivity (Wildman–Crippen MR) is 62.7 cm³/mol. The number of nitro groups is 2. The van der Waals surface area contributed by atoms with Gasteiger partial charge >= 0.3 is 29.9 Å². The van der Waals surface area contributed by atoms with Gasteiger partial charge in [0.25, 0.3) is 5.75 Å². The molecule has 0 saturated heterocycles. The Morgan fingerprint density at radius 2 is 1.65 bits per heavy atom. The number of benzene rings is 1. The normalized spacial score (nSPS) is 11.2. The standard InChI is InChI=1S/C10H6F4N2O7/c11-8(12)10(13,14)4-22-9(17)23-7-5(15(18)19)2-1-3-6(7)16(20)21/h1-3,8H,4H2. The summed E-state index contributed by atoms with van der Waals surface area (Å²) in [6.45, 7) is -2.07. The third kappa shape index (κ3) is 4.49. The number of rotatable bonds is 6. The van der Waals surface area contributed by atoms with E-state index >= 15 is 0 Å². The molecule has 0 N–H and O–H groups in total. The lowest BCUT2D eigenvalue weighted by Crippen LogP contribution is -2.34. The molecule has 0 aromatic heterocycles. The molecule has 126 valence electrons. The van der Waals surface area contributed by atoms with Crippen LogP contribution < -0.4 is 4.74 Å². The summed E-state index contributed by atoms with van der Waals surface area (Å²) < 4.78 is 56.7. The molecule has 13 heteroatoms. The highest BCUT2D eigenvalue weighted by atomic mass is 19.3. The first-order valence-electron chi connectivity index (χ1n) is 5.48. The van der Waals surface area contributed by atoms with Crippen molar-refractivity contribution in [3.05, 3.63) is 38.4 Å². The lowest BCUT2D eigenvalue weighted by Gasteiger charge is -2.14. The van der Waals surface area contributed by atoms with Gasteiger partial charge in [0, 0.05) is 12.1 Å². The van der Waals surface area contributed by atoms with E-state index in [9.17, 15) is 42.6 Å². The van der Waals surface area contributed by atoms with E-state index in [-0.39, 0.29) is 0 Å². The van der Waals surface area contributed by atoms with E-state index in [1.54, 1.807) is 0 Å². The van der Waals surface area contributed by atoms with Crippen LogP contribution in [-0.4, -0.2) is 35.0 Å². The number of alkyl halides is 4. The number of halogens is 4. The Hall–Kier alpha value is -2.99. The fraction of sp³-hybridized carbons (Fsp3) is 0.300. The van der Waals surface area contributed by atoms with Crippen molar-refractivity contribution in [2.75, 3.05) is 6.61 Å². The predicted octanol–water partition coefficient (Wildman–Crippen LogP) is 2.92. The zero-order chi connectivity index (χ0) is 17.8. The average Bonchev–Trinajstić information content (AvgIpc) is 2.44. The van der Waals surface area contributed by atoms with Crippen molar-refractivity contribution in [3.63, 3.8) is 0 Å². The summed E-state index contributed by atoms with van der Waals surface area (Å²) in [5.74, 6) is -5.85. The Bertz CT molecular complexity index is 605. The summed E-state index contributed by atoms with van der Waals surface area (Å²) in [4.78, 5) is 30.3. The van der Waals surface area contributed by atoms with E-state index in [2.05, 4.69) is 9.47 Å². The van der Waals surface area contributed by atoms with E-state index in [1.807, 2.05) is 0 Å². The van der Waals surface area contributed by atoms with Gasteiger partial charge in [0.15, 0.2) is 6.61 Å². The molecule has 0 bridgehead atoms. The van der Waals surface area contributed by atoms with E-state index in [0.29, 0.717) is 0 Å². The van der Waals surface area contributed by atoms with Crippen LogP contribution >= 0.6 is 0 Å². The topological polar surface area (TPSA) is 122 Å². The fourth-order valence-electron chi connectivity index (χ4n) is 1.24. The summed E-state index contributed by atoms with van der Waals surface area (Å²) >= 11 is 0. The fourth-order valence-corrected chi connectivity index (χ4v) is 1.24. The van der Waals surface area contributed by atoms with Crippen molar-refractivity contribution < 1.29 is 41.7 Å². The highest BCUT2D eigenvalue weighted by molar-refractivity contribution is 5.71. The number of nitro benzene ring substituents is 2. The summed E-state index contributed by atoms with van der Waals surface area (Å²) in [5.41, 5.74) is -2.03. The molecule has 0 amide bonds. The van der Waals surface area contributed by atoms with Crippen molar-refractivity contribution in [2.24, 2.45) is 0 Å². The molecule has 0 aliphatic carbocycles. The monoisotopic (exact) mass is 342 g/mol. The van der Waals surface area contributed by atoms with E-state index in [4.69, 9.17) is 0 Å². The molecule has 0 radical (unpaired) electrons. The van der Waals surface area contributed by atoms with Crippen LogP contribution in [0.3, 0.4) is 0 Å². The zero-order valence-corrected chi connectivity index (χ0v) is 10.8. The largest absolute Gasteiger partial charge is 0.514 e. The number of hydrogen-bond acceptors (Lipinski definition) is 7. The van der Waals surface area contributed by atoms with E-state index < -0.39 is 52.1 Å². The van der Waals surface area contributed by atoms with Crippen LogP contribution in [0, 0.1) is 20.2 Å². The van der Waals surface area contributed by atoms with Crippen LogP contribution in [0.1, 0.15) is 0 Å². The van der Waals surface area contributed by atoms with Gasteiger partial charge in [0.05, 0.1) is 9.85 Å². The second kappa shape index (κ2) is 6.85. The molecular weight excluding hydrogens is 336 g/mol.